The third-order valence-electron chi connectivity index (χ3n) is 9.47. The molecule has 0 heterocycles. The molecule has 0 aliphatic heterocycles. The van der Waals surface area contributed by atoms with Gasteiger partial charge in [0, 0.05) is 6.61 Å². The number of nitrogens with zero attached hydrogens (tertiary/aromatic N) is 1. The minimum absolute atomic E-state index is 0.271. The van der Waals surface area contributed by atoms with Crippen molar-refractivity contribution >= 4 is 11.9 Å². The highest BCUT2D eigenvalue weighted by atomic mass is 16.6. The van der Waals surface area contributed by atoms with Gasteiger partial charge in [-0.3, -0.25) is 9.59 Å². The summed E-state index contributed by atoms with van der Waals surface area (Å²) >= 11 is 0. The Balaban J connectivity index is 4.68. The zero-order valence-electron chi connectivity index (χ0n) is 31.4. The van der Waals surface area contributed by atoms with E-state index in [9.17, 15) is 14.7 Å². The molecule has 0 amide bonds. The second-order valence-electron chi connectivity index (χ2n) is 14.1. The molecular formula is C40H79NO5. The number of aliphatic hydroxyl groups is 1. The van der Waals surface area contributed by atoms with Gasteiger partial charge in [0.2, 0.25) is 0 Å². The van der Waals surface area contributed by atoms with E-state index in [1.807, 2.05) is 0 Å². The van der Waals surface area contributed by atoms with Gasteiger partial charge >= 0.3 is 11.9 Å². The van der Waals surface area contributed by atoms with Crippen molar-refractivity contribution in [3.8, 4) is 0 Å². The average molecular weight is 654 g/mol. The van der Waals surface area contributed by atoms with E-state index >= 15 is 0 Å². The molecule has 46 heavy (non-hydrogen) atoms. The van der Waals surface area contributed by atoms with E-state index in [0.717, 1.165) is 83.8 Å². The molecule has 0 aliphatic rings. The predicted octanol–water partition coefficient (Wildman–Crippen LogP) is 11.0. The third-order valence-corrected chi connectivity index (χ3v) is 9.47. The molecule has 0 aromatic carbocycles. The van der Waals surface area contributed by atoms with Gasteiger partial charge in [0.15, 0.2) is 5.41 Å². The van der Waals surface area contributed by atoms with E-state index in [0.29, 0.717) is 19.6 Å². The van der Waals surface area contributed by atoms with Crippen LogP contribution >= 0.6 is 0 Å². The van der Waals surface area contributed by atoms with E-state index in [2.05, 4.69) is 25.7 Å². The Hall–Kier alpha value is -1.14. The number of ether oxygens (including phenoxy) is 2. The minimum atomic E-state index is -1.22. The Morgan fingerprint density at radius 3 is 1.20 bits per heavy atom. The van der Waals surface area contributed by atoms with Crippen LogP contribution in [0.2, 0.25) is 0 Å². The van der Waals surface area contributed by atoms with Gasteiger partial charge in [-0.05, 0) is 71.5 Å². The number of carbonyl (C=O) groups is 2. The van der Waals surface area contributed by atoms with Crippen LogP contribution in [0.5, 0.6) is 0 Å². The summed E-state index contributed by atoms with van der Waals surface area (Å²) in [7, 11) is 0. The Morgan fingerprint density at radius 2 is 0.804 bits per heavy atom. The summed E-state index contributed by atoms with van der Waals surface area (Å²) in [5.74, 6) is -0.816. The Kier molecular flexibility index (Phi) is 32.9. The average Bonchev–Trinajstić information content (AvgIpc) is 3.06. The second-order valence-corrected chi connectivity index (χ2v) is 14.1. The van der Waals surface area contributed by atoms with Crippen molar-refractivity contribution in [2.24, 2.45) is 5.41 Å². The fourth-order valence-corrected chi connectivity index (χ4v) is 6.12. The van der Waals surface area contributed by atoms with Gasteiger partial charge < -0.3 is 19.5 Å². The third kappa shape index (κ3) is 25.9. The highest BCUT2D eigenvalue weighted by molar-refractivity contribution is 5.99. The summed E-state index contributed by atoms with van der Waals surface area (Å²) in [5.41, 5.74) is -1.22. The summed E-state index contributed by atoms with van der Waals surface area (Å²) in [6.45, 7) is 12.8. The maximum Gasteiger partial charge on any atom is 0.323 e. The standard InChI is InChI=1S/C40H79NO5/c1-5-8-11-14-17-18-20-25-32-41(34-27-28-35-42)33-26-21-19-24-31-40(4,38(43)45-36-29-22-15-12-9-6-2)39(44)46-37-30-23-16-13-10-7-3/h42H,5-37H2,1-4H3. The molecule has 0 fully saturated rings. The van der Waals surface area contributed by atoms with Gasteiger partial charge in [-0.1, -0.05) is 149 Å². The van der Waals surface area contributed by atoms with Crippen LogP contribution < -0.4 is 0 Å². The molecular weight excluding hydrogens is 574 g/mol. The van der Waals surface area contributed by atoms with E-state index < -0.39 is 17.4 Å². The largest absolute Gasteiger partial charge is 0.465 e. The molecule has 0 saturated heterocycles. The van der Waals surface area contributed by atoms with Crippen LogP contribution in [0.25, 0.3) is 0 Å². The first kappa shape index (κ1) is 44.9. The highest BCUT2D eigenvalue weighted by Gasteiger charge is 2.43. The maximum atomic E-state index is 13.2. The Bertz CT molecular complexity index is 640. The molecule has 6 heteroatoms. The lowest BCUT2D eigenvalue weighted by Crippen LogP contribution is -2.39. The Labute approximate surface area is 286 Å². The van der Waals surface area contributed by atoms with E-state index in [1.54, 1.807) is 6.92 Å². The van der Waals surface area contributed by atoms with Crippen LogP contribution in [-0.4, -0.2) is 61.4 Å². The van der Waals surface area contributed by atoms with Crippen molar-refractivity contribution in [1.82, 2.24) is 4.90 Å². The lowest BCUT2D eigenvalue weighted by atomic mass is 9.84. The number of carbonyl (C=O) groups excluding carboxylic acids is 2. The van der Waals surface area contributed by atoms with Crippen LogP contribution in [0, 0.1) is 5.41 Å². The van der Waals surface area contributed by atoms with E-state index in [4.69, 9.17) is 9.47 Å². The summed E-state index contributed by atoms with van der Waals surface area (Å²) in [6, 6.07) is 0. The monoisotopic (exact) mass is 654 g/mol. The molecule has 0 aliphatic carbocycles. The molecule has 0 bridgehead atoms. The number of esters is 2. The molecule has 1 N–H and O–H groups in total. The SMILES string of the molecule is CCCCCCCCCCN(CCCCO)CCCCCCC(C)(C(=O)OCCCCCCCC)C(=O)OCCCCCCCC. The quantitative estimate of drug-likeness (QED) is 0.0412. The van der Waals surface area contributed by atoms with Crippen molar-refractivity contribution in [3.05, 3.63) is 0 Å². The van der Waals surface area contributed by atoms with Crippen molar-refractivity contribution in [1.29, 1.82) is 0 Å². The zero-order chi connectivity index (χ0) is 34.0. The zero-order valence-corrected chi connectivity index (χ0v) is 31.4. The summed E-state index contributed by atoms with van der Waals surface area (Å²) in [5, 5.41) is 9.25. The van der Waals surface area contributed by atoms with Crippen LogP contribution in [0.3, 0.4) is 0 Å². The van der Waals surface area contributed by atoms with Crippen LogP contribution in [0.4, 0.5) is 0 Å². The number of rotatable bonds is 36. The molecule has 0 unspecified atom stereocenters. The molecule has 0 radical (unpaired) electrons. The number of unbranched alkanes of at least 4 members (excludes halogenated alkanes) is 21. The van der Waals surface area contributed by atoms with E-state index in [1.165, 1.54) is 103 Å². The van der Waals surface area contributed by atoms with Gasteiger partial charge in [-0.25, -0.2) is 0 Å². The first-order valence-corrected chi connectivity index (χ1v) is 20.1. The fraction of sp³-hybridized carbons (Fsp3) is 0.950. The van der Waals surface area contributed by atoms with Gasteiger partial charge in [0.1, 0.15) is 0 Å². The molecule has 0 spiro atoms. The second kappa shape index (κ2) is 33.7. The molecule has 0 rings (SSSR count). The first-order valence-electron chi connectivity index (χ1n) is 20.1. The highest BCUT2D eigenvalue weighted by Crippen LogP contribution is 2.29. The topological polar surface area (TPSA) is 76.1 Å². The van der Waals surface area contributed by atoms with Crippen molar-refractivity contribution in [3.63, 3.8) is 0 Å². The smallest absolute Gasteiger partial charge is 0.323 e. The lowest BCUT2D eigenvalue weighted by molar-refractivity contribution is -0.172. The lowest BCUT2D eigenvalue weighted by Gasteiger charge is -2.26. The summed E-state index contributed by atoms with van der Waals surface area (Å²) in [6.07, 6.45) is 30.7. The first-order chi connectivity index (χ1) is 22.5. The summed E-state index contributed by atoms with van der Waals surface area (Å²) < 4.78 is 11.4. The molecule has 0 aromatic heterocycles. The summed E-state index contributed by atoms with van der Waals surface area (Å²) in [4.78, 5) is 29.1. The number of aliphatic hydroxyl groups excluding tert-OH is 1. The number of hydrogen-bond acceptors (Lipinski definition) is 6. The number of hydrogen-bond donors (Lipinski definition) is 1. The van der Waals surface area contributed by atoms with Gasteiger partial charge in [0.05, 0.1) is 13.2 Å². The molecule has 0 saturated carbocycles. The van der Waals surface area contributed by atoms with Gasteiger partial charge in [-0.2, -0.15) is 0 Å². The normalized spacial score (nSPS) is 11.8. The van der Waals surface area contributed by atoms with Crippen LogP contribution in [-0.2, 0) is 19.1 Å². The predicted molar refractivity (Wildman–Crippen MR) is 195 cm³/mol. The van der Waals surface area contributed by atoms with Crippen molar-refractivity contribution in [2.45, 2.75) is 201 Å². The van der Waals surface area contributed by atoms with Crippen molar-refractivity contribution < 1.29 is 24.2 Å². The Morgan fingerprint density at radius 1 is 0.478 bits per heavy atom. The van der Waals surface area contributed by atoms with Crippen LogP contribution in [0.1, 0.15) is 201 Å². The van der Waals surface area contributed by atoms with Crippen LogP contribution in [0.15, 0.2) is 0 Å². The fourth-order valence-electron chi connectivity index (χ4n) is 6.12. The van der Waals surface area contributed by atoms with Gasteiger partial charge in [-0.15, -0.1) is 0 Å². The molecule has 0 atom stereocenters. The molecule has 0 aromatic rings. The van der Waals surface area contributed by atoms with E-state index in [-0.39, 0.29) is 6.61 Å². The molecule has 6 nitrogen and oxygen atoms in total. The van der Waals surface area contributed by atoms with Gasteiger partial charge in [0.25, 0.3) is 0 Å². The minimum Gasteiger partial charge on any atom is -0.465 e. The maximum absolute atomic E-state index is 13.2. The molecule has 274 valence electrons. The van der Waals surface area contributed by atoms with Crippen molar-refractivity contribution in [2.75, 3.05) is 39.5 Å².